The first-order valence-corrected chi connectivity index (χ1v) is 8.73. The molecule has 0 radical (unpaired) electrons. The van der Waals surface area contributed by atoms with Crippen LogP contribution in [0.2, 0.25) is 0 Å². The second kappa shape index (κ2) is 7.85. The van der Waals surface area contributed by atoms with Gasteiger partial charge < -0.3 is 24.9 Å². The number of rotatable bonds is 6. The molecule has 29 heavy (non-hydrogen) atoms. The van der Waals surface area contributed by atoms with E-state index in [1.165, 1.54) is 13.2 Å². The molecule has 0 aliphatic heterocycles. The number of nitrogens with two attached hydrogens (primary N) is 1. The molecule has 2 aromatic heterocycles. The van der Waals surface area contributed by atoms with Crippen molar-refractivity contribution in [3.8, 4) is 29.1 Å². The molecule has 3 N–H and O–H groups in total. The Morgan fingerprint density at radius 1 is 1.00 bits per heavy atom. The van der Waals surface area contributed by atoms with Gasteiger partial charge in [-0.3, -0.25) is 0 Å². The number of anilines is 3. The lowest BCUT2D eigenvalue weighted by Gasteiger charge is -2.07. The fourth-order valence-electron chi connectivity index (χ4n) is 2.61. The molecule has 0 saturated heterocycles. The summed E-state index contributed by atoms with van der Waals surface area (Å²) in [5.74, 6) is 1.38. The van der Waals surface area contributed by atoms with Crippen LogP contribution in [0.1, 0.15) is 5.56 Å². The van der Waals surface area contributed by atoms with Crippen LogP contribution >= 0.6 is 0 Å². The molecule has 0 aliphatic carbocycles. The maximum Gasteiger partial charge on any atom is 0.321 e. The highest BCUT2D eigenvalue weighted by molar-refractivity contribution is 5.58. The number of methoxy groups -OCH3 is 1. The molecule has 4 aromatic rings. The van der Waals surface area contributed by atoms with Crippen molar-refractivity contribution in [1.82, 2.24) is 20.2 Å². The van der Waals surface area contributed by atoms with E-state index in [-0.39, 0.29) is 17.7 Å². The standard InChI is InChI=1S/C20H18N6O3/c1-12-5-3-7-14(9-12)22-20-26-25-18(29-20)13-6-4-8-15(10-13)28-17-11-16(21)23-19(24-17)27-2/h3-11H,1-2H3,(H,22,26)(H2,21,23,24). The van der Waals surface area contributed by atoms with Gasteiger partial charge >= 0.3 is 12.0 Å². The van der Waals surface area contributed by atoms with Gasteiger partial charge in [-0.25, -0.2) is 0 Å². The Balaban J connectivity index is 1.53. The van der Waals surface area contributed by atoms with Crippen molar-refractivity contribution in [3.63, 3.8) is 0 Å². The molecule has 0 fully saturated rings. The van der Waals surface area contributed by atoms with Gasteiger partial charge in [-0.2, -0.15) is 9.97 Å². The summed E-state index contributed by atoms with van der Waals surface area (Å²) in [6, 6.07) is 17.0. The van der Waals surface area contributed by atoms with Crippen molar-refractivity contribution in [2.24, 2.45) is 0 Å². The van der Waals surface area contributed by atoms with E-state index in [0.717, 1.165) is 11.3 Å². The molecule has 0 amide bonds. The predicted molar refractivity (Wildman–Crippen MR) is 107 cm³/mol. The number of nitrogens with zero attached hydrogens (tertiary/aromatic N) is 4. The predicted octanol–water partition coefficient (Wildman–Crippen LogP) is 3.96. The van der Waals surface area contributed by atoms with Crippen LogP contribution in [-0.4, -0.2) is 27.3 Å². The van der Waals surface area contributed by atoms with Crippen LogP contribution in [0.3, 0.4) is 0 Å². The quantitative estimate of drug-likeness (QED) is 0.504. The van der Waals surface area contributed by atoms with Gasteiger partial charge in [0.25, 0.3) is 0 Å². The minimum Gasteiger partial charge on any atom is -0.467 e. The number of aryl methyl sites for hydroxylation is 1. The molecular formula is C20H18N6O3. The van der Waals surface area contributed by atoms with Gasteiger partial charge in [0, 0.05) is 17.3 Å². The molecule has 0 atom stereocenters. The highest BCUT2D eigenvalue weighted by atomic mass is 16.5. The molecule has 9 heteroatoms. The maximum atomic E-state index is 5.76. The van der Waals surface area contributed by atoms with E-state index >= 15 is 0 Å². The van der Waals surface area contributed by atoms with E-state index in [4.69, 9.17) is 19.6 Å². The first kappa shape index (κ1) is 18.2. The molecule has 2 heterocycles. The Morgan fingerprint density at radius 2 is 1.86 bits per heavy atom. The number of ether oxygens (including phenoxy) is 2. The molecule has 0 unspecified atom stereocenters. The summed E-state index contributed by atoms with van der Waals surface area (Å²) in [4.78, 5) is 8.04. The zero-order chi connectivity index (χ0) is 20.2. The van der Waals surface area contributed by atoms with E-state index in [0.29, 0.717) is 23.2 Å². The molecule has 0 bridgehead atoms. The number of hydrogen-bond donors (Lipinski definition) is 2. The minimum atomic E-state index is 0.125. The monoisotopic (exact) mass is 390 g/mol. The zero-order valence-electron chi connectivity index (χ0n) is 15.8. The Morgan fingerprint density at radius 3 is 2.69 bits per heavy atom. The van der Waals surface area contributed by atoms with E-state index in [1.54, 1.807) is 12.1 Å². The SMILES string of the molecule is COc1nc(N)cc(Oc2cccc(-c3nnc(Nc4cccc(C)c4)o3)c2)n1. The van der Waals surface area contributed by atoms with Crippen LogP contribution < -0.4 is 20.5 Å². The fraction of sp³-hybridized carbons (Fsp3) is 0.100. The molecule has 0 spiro atoms. The zero-order valence-corrected chi connectivity index (χ0v) is 15.8. The molecule has 146 valence electrons. The highest BCUT2D eigenvalue weighted by Gasteiger charge is 2.11. The van der Waals surface area contributed by atoms with Crippen LogP contribution in [0.25, 0.3) is 11.5 Å². The average molecular weight is 390 g/mol. The van der Waals surface area contributed by atoms with Crippen LogP contribution in [0, 0.1) is 6.92 Å². The second-order valence-corrected chi connectivity index (χ2v) is 6.15. The topological polar surface area (TPSA) is 121 Å². The fourth-order valence-corrected chi connectivity index (χ4v) is 2.61. The summed E-state index contributed by atoms with van der Waals surface area (Å²) in [5, 5.41) is 11.2. The highest BCUT2D eigenvalue weighted by Crippen LogP contribution is 2.28. The van der Waals surface area contributed by atoms with Crippen LogP contribution in [0.15, 0.2) is 59.0 Å². The van der Waals surface area contributed by atoms with Crippen LogP contribution in [0.4, 0.5) is 17.5 Å². The number of aromatic nitrogens is 4. The summed E-state index contributed by atoms with van der Waals surface area (Å²) < 4.78 is 16.5. The number of nitrogen functional groups attached to an aromatic ring is 1. The van der Waals surface area contributed by atoms with Crippen molar-refractivity contribution in [1.29, 1.82) is 0 Å². The average Bonchev–Trinajstić information content (AvgIpc) is 3.16. The van der Waals surface area contributed by atoms with Gasteiger partial charge in [0.05, 0.1) is 7.11 Å². The summed E-state index contributed by atoms with van der Waals surface area (Å²) in [5.41, 5.74) is 8.42. The van der Waals surface area contributed by atoms with Gasteiger partial charge in [0.1, 0.15) is 11.6 Å². The Hall–Kier alpha value is -4.14. The van der Waals surface area contributed by atoms with Gasteiger partial charge in [-0.05, 0) is 42.8 Å². The lowest BCUT2D eigenvalue weighted by Crippen LogP contribution is -1.99. The summed E-state index contributed by atoms with van der Waals surface area (Å²) in [7, 11) is 1.46. The van der Waals surface area contributed by atoms with Gasteiger partial charge in [0.2, 0.25) is 11.8 Å². The lowest BCUT2D eigenvalue weighted by atomic mass is 10.2. The Labute approximate surface area is 166 Å². The molecule has 0 saturated carbocycles. The number of benzene rings is 2. The number of nitrogens with one attached hydrogen (secondary N) is 1. The molecule has 9 nitrogen and oxygen atoms in total. The molecule has 0 aliphatic rings. The minimum absolute atomic E-state index is 0.125. The van der Waals surface area contributed by atoms with E-state index in [1.807, 2.05) is 43.3 Å². The van der Waals surface area contributed by atoms with Gasteiger partial charge in [0.15, 0.2) is 0 Å². The summed E-state index contributed by atoms with van der Waals surface area (Å²) in [6.07, 6.45) is 0. The Kier molecular flexibility index (Phi) is 4.93. The third kappa shape index (κ3) is 4.41. The molecular weight excluding hydrogens is 372 g/mol. The van der Waals surface area contributed by atoms with Crippen molar-refractivity contribution < 1.29 is 13.9 Å². The van der Waals surface area contributed by atoms with Crippen molar-refractivity contribution in [3.05, 3.63) is 60.2 Å². The maximum absolute atomic E-state index is 5.76. The van der Waals surface area contributed by atoms with Crippen molar-refractivity contribution in [2.45, 2.75) is 6.92 Å². The third-order valence-corrected chi connectivity index (χ3v) is 3.88. The van der Waals surface area contributed by atoms with Crippen molar-refractivity contribution >= 4 is 17.5 Å². The second-order valence-electron chi connectivity index (χ2n) is 6.15. The Bertz CT molecular complexity index is 1140. The third-order valence-electron chi connectivity index (χ3n) is 3.88. The van der Waals surface area contributed by atoms with E-state index in [2.05, 4.69) is 25.5 Å². The van der Waals surface area contributed by atoms with Crippen LogP contribution in [-0.2, 0) is 0 Å². The first-order valence-electron chi connectivity index (χ1n) is 8.73. The van der Waals surface area contributed by atoms with Crippen LogP contribution in [0.5, 0.6) is 17.6 Å². The summed E-state index contributed by atoms with van der Waals surface area (Å²) in [6.45, 7) is 2.01. The van der Waals surface area contributed by atoms with E-state index in [9.17, 15) is 0 Å². The first-order chi connectivity index (χ1) is 14.1. The normalized spacial score (nSPS) is 10.6. The largest absolute Gasteiger partial charge is 0.467 e. The van der Waals surface area contributed by atoms with Crippen molar-refractivity contribution in [2.75, 3.05) is 18.2 Å². The van der Waals surface area contributed by atoms with Gasteiger partial charge in [-0.1, -0.05) is 23.3 Å². The van der Waals surface area contributed by atoms with E-state index < -0.39 is 0 Å². The van der Waals surface area contributed by atoms with Gasteiger partial charge in [-0.15, -0.1) is 5.10 Å². The summed E-state index contributed by atoms with van der Waals surface area (Å²) >= 11 is 0. The molecule has 2 aromatic carbocycles. The smallest absolute Gasteiger partial charge is 0.321 e. The number of hydrogen-bond acceptors (Lipinski definition) is 9. The lowest BCUT2D eigenvalue weighted by molar-refractivity contribution is 0.367. The molecule has 4 rings (SSSR count).